The molecule has 0 aromatic heterocycles. The standard InChI is InChI=1S/C13H17ClN2O3/c1-7-4-8(2)12(10(14)5-7)16-11(17)6-15-9(3)13(18)19/h4-5,9,15H,6H2,1-3H3,(H,16,17)(H,18,19)/t9-/m0/s1. The molecule has 1 aromatic rings. The van der Waals surface area contributed by atoms with Crippen LogP contribution < -0.4 is 10.6 Å². The van der Waals surface area contributed by atoms with E-state index in [0.717, 1.165) is 11.1 Å². The van der Waals surface area contributed by atoms with Crippen LogP contribution in [-0.4, -0.2) is 29.6 Å². The molecule has 0 bridgehead atoms. The van der Waals surface area contributed by atoms with Crippen LogP contribution in [0.1, 0.15) is 18.1 Å². The molecule has 1 aromatic carbocycles. The molecule has 104 valence electrons. The molecule has 0 aliphatic carbocycles. The van der Waals surface area contributed by atoms with Gasteiger partial charge in [0, 0.05) is 0 Å². The first-order chi connectivity index (χ1) is 8.81. The average Bonchev–Trinajstić information content (AvgIpc) is 2.30. The topological polar surface area (TPSA) is 78.4 Å². The SMILES string of the molecule is Cc1cc(C)c(NC(=O)CN[C@@H](C)C(=O)O)c(Cl)c1. The Kier molecular flexibility index (Phi) is 5.32. The van der Waals surface area contributed by atoms with Gasteiger partial charge in [-0.05, 0) is 38.0 Å². The molecule has 0 saturated heterocycles. The number of carbonyl (C=O) groups excluding carboxylic acids is 1. The molecule has 19 heavy (non-hydrogen) atoms. The molecule has 1 atom stereocenters. The van der Waals surface area contributed by atoms with Gasteiger partial charge in [0.2, 0.25) is 5.91 Å². The van der Waals surface area contributed by atoms with Gasteiger partial charge in [0.05, 0.1) is 17.3 Å². The van der Waals surface area contributed by atoms with Gasteiger partial charge in [0.25, 0.3) is 0 Å². The summed E-state index contributed by atoms with van der Waals surface area (Å²) < 4.78 is 0. The average molecular weight is 285 g/mol. The van der Waals surface area contributed by atoms with Gasteiger partial charge in [-0.25, -0.2) is 0 Å². The van der Waals surface area contributed by atoms with E-state index in [1.54, 1.807) is 6.07 Å². The minimum absolute atomic E-state index is 0.0862. The molecule has 6 heteroatoms. The fraction of sp³-hybridized carbons (Fsp3) is 0.385. The minimum atomic E-state index is -1.00. The summed E-state index contributed by atoms with van der Waals surface area (Å²) in [6.07, 6.45) is 0. The van der Waals surface area contributed by atoms with Crippen molar-refractivity contribution in [1.82, 2.24) is 5.32 Å². The zero-order chi connectivity index (χ0) is 14.6. The van der Waals surface area contributed by atoms with Gasteiger partial charge in [-0.3, -0.25) is 14.9 Å². The molecular formula is C13H17ClN2O3. The lowest BCUT2D eigenvalue weighted by Gasteiger charge is -2.13. The highest BCUT2D eigenvalue weighted by atomic mass is 35.5. The van der Waals surface area contributed by atoms with Gasteiger partial charge in [-0.1, -0.05) is 17.7 Å². The number of carbonyl (C=O) groups is 2. The maximum absolute atomic E-state index is 11.7. The normalized spacial score (nSPS) is 12.0. The molecule has 0 aliphatic rings. The van der Waals surface area contributed by atoms with Gasteiger partial charge in [-0.15, -0.1) is 0 Å². The number of anilines is 1. The molecule has 0 saturated carbocycles. The van der Waals surface area contributed by atoms with Crippen molar-refractivity contribution in [2.24, 2.45) is 0 Å². The number of benzene rings is 1. The number of aliphatic carboxylic acids is 1. The predicted octanol–water partition coefficient (Wildman–Crippen LogP) is 1.96. The minimum Gasteiger partial charge on any atom is -0.480 e. The van der Waals surface area contributed by atoms with Crippen LogP contribution in [0.15, 0.2) is 12.1 Å². The van der Waals surface area contributed by atoms with E-state index in [4.69, 9.17) is 16.7 Å². The first-order valence-electron chi connectivity index (χ1n) is 5.84. The van der Waals surface area contributed by atoms with E-state index in [-0.39, 0.29) is 12.5 Å². The maximum atomic E-state index is 11.7. The molecule has 5 nitrogen and oxygen atoms in total. The Labute approximate surface area is 117 Å². The highest BCUT2D eigenvalue weighted by Gasteiger charge is 2.13. The molecule has 0 spiro atoms. The second-order valence-electron chi connectivity index (χ2n) is 4.43. The summed E-state index contributed by atoms with van der Waals surface area (Å²) >= 11 is 6.06. The molecule has 1 rings (SSSR count). The fourth-order valence-electron chi connectivity index (χ4n) is 1.59. The molecular weight excluding hydrogens is 268 g/mol. The second-order valence-corrected chi connectivity index (χ2v) is 4.83. The Morgan fingerprint density at radius 1 is 1.37 bits per heavy atom. The summed E-state index contributed by atoms with van der Waals surface area (Å²) in [5.41, 5.74) is 2.44. The number of aryl methyl sites for hydroxylation is 2. The quantitative estimate of drug-likeness (QED) is 0.772. The zero-order valence-corrected chi connectivity index (χ0v) is 11.8. The first kappa shape index (κ1) is 15.5. The molecule has 3 N–H and O–H groups in total. The first-order valence-corrected chi connectivity index (χ1v) is 6.22. The van der Waals surface area contributed by atoms with Crippen molar-refractivity contribution in [2.75, 3.05) is 11.9 Å². The van der Waals surface area contributed by atoms with E-state index in [1.165, 1.54) is 6.92 Å². The number of carboxylic acid groups (broad SMARTS) is 1. The number of hydrogen-bond acceptors (Lipinski definition) is 3. The number of halogens is 1. The van der Waals surface area contributed by atoms with Gasteiger partial charge < -0.3 is 10.4 Å². The van der Waals surface area contributed by atoms with Crippen LogP contribution in [0.5, 0.6) is 0 Å². The predicted molar refractivity (Wildman–Crippen MR) is 74.7 cm³/mol. The summed E-state index contributed by atoms with van der Waals surface area (Å²) in [6.45, 7) is 5.15. The van der Waals surface area contributed by atoms with Gasteiger partial charge in [0.15, 0.2) is 0 Å². The van der Waals surface area contributed by atoms with Gasteiger partial charge in [-0.2, -0.15) is 0 Å². The van der Waals surface area contributed by atoms with Crippen LogP contribution in [0.25, 0.3) is 0 Å². The molecule has 0 radical (unpaired) electrons. The number of hydrogen-bond donors (Lipinski definition) is 3. The van der Waals surface area contributed by atoms with Crippen molar-refractivity contribution in [3.63, 3.8) is 0 Å². The highest BCUT2D eigenvalue weighted by molar-refractivity contribution is 6.34. The summed E-state index contributed by atoms with van der Waals surface area (Å²) in [6, 6.07) is 2.90. The third-order valence-electron chi connectivity index (χ3n) is 2.64. The lowest BCUT2D eigenvalue weighted by molar-refractivity contribution is -0.139. The Bertz CT molecular complexity index is 480. The van der Waals surface area contributed by atoms with E-state index in [0.29, 0.717) is 10.7 Å². The lowest BCUT2D eigenvalue weighted by atomic mass is 10.1. The van der Waals surface area contributed by atoms with E-state index in [2.05, 4.69) is 10.6 Å². The van der Waals surface area contributed by atoms with Crippen molar-refractivity contribution < 1.29 is 14.7 Å². The third-order valence-corrected chi connectivity index (χ3v) is 2.93. The lowest BCUT2D eigenvalue weighted by Crippen LogP contribution is -2.39. The smallest absolute Gasteiger partial charge is 0.320 e. The summed E-state index contributed by atoms with van der Waals surface area (Å²) in [7, 11) is 0. The molecule has 0 aliphatic heterocycles. The van der Waals surface area contributed by atoms with Crippen LogP contribution in [0.2, 0.25) is 5.02 Å². The van der Waals surface area contributed by atoms with Crippen LogP contribution in [-0.2, 0) is 9.59 Å². The molecule has 1 amide bonds. The van der Waals surface area contributed by atoms with Crippen LogP contribution >= 0.6 is 11.6 Å². The van der Waals surface area contributed by atoms with Crippen molar-refractivity contribution in [3.05, 3.63) is 28.3 Å². The monoisotopic (exact) mass is 284 g/mol. The Morgan fingerprint density at radius 2 is 2.00 bits per heavy atom. The highest BCUT2D eigenvalue weighted by Crippen LogP contribution is 2.27. The van der Waals surface area contributed by atoms with Crippen LogP contribution in [0.4, 0.5) is 5.69 Å². The zero-order valence-electron chi connectivity index (χ0n) is 11.1. The van der Waals surface area contributed by atoms with Crippen molar-refractivity contribution in [1.29, 1.82) is 0 Å². The number of nitrogens with one attached hydrogen (secondary N) is 2. The Balaban J connectivity index is 2.65. The second kappa shape index (κ2) is 6.54. The summed E-state index contributed by atoms with van der Waals surface area (Å²) in [4.78, 5) is 22.3. The van der Waals surface area contributed by atoms with E-state index >= 15 is 0 Å². The van der Waals surface area contributed by atoms with Gasteiger partial charge >= 0.3 is 5.97 Å². The van der Waals surface area contributed by atoms with Crippen LogP contribution in [0, 0.1) is 13.8 Å². The molecule has 0 heterocycles. The largest absolute Gasteiger partial charge is 0.480 e. The fourth-order valence-corrected chi connectivity index (χ4v) is 1.96. The number of carboxylic acids is 1. The maximum Gasteiger partial charge on any atom is 0.320 e. The van der Waals surface area contributed by atoms with Crippen LogP contribution in [0.3, 0.4) is 0 Å². The van der Waals surface area contributed by atoms with Crippen molar-refractivity contribution in [3.8, 4) is 0 Å². The molecule has 0 fully saturated rings. The van der Waals surface area contributed by atoms with E-state index in [1.807, 2.05) is 19.9 Å². The van der Waals surface area contributed by atoms with Gasteiger partial charge in [0.1, 0.15) is 6.04 Å². The number of amides is 1. The molecule has 0 unspecified atom stereocenters. The van der Waals surface area contributed by atoms with E-state index in [9.17, 15) is 9.59 Å². The van der Waals surface area contributed by atoms with Crippen molar-refractivity contribution >= 4 is 29.2 Å². The Morgan fingerprint density at radius 3 is 2.53 bits per heavy atom. The Hall–Kier alpha value is -1.59. The number of rotatable bonds is 5. The van der Waals surface area contributed by atoms with E-state index < -0.39 is 12.0 Å². The van der Waals surface area contributed by atoms with Crippen molar-refractivity contribution in [2.45, 2.75) is 26.8 Å². The summed E-state index contributed by atoms with van der Waals surface area (Å²) in [5.74, 6) is -1.33. The summed E-state index contributed by atoms with van der Waals surface area (Å²) in [5, 5.41) is 14.4. The third kappa shape index (κ3) is 4.54.